The molecule has 0 bridgehead atoms. The van der Waals surface area contributed by atoms with Gasteiger partial charge in [0.1, 0.15) is 6.29 Å². The lowest BCUT2D eigenvalue weighted by Gasteiger charge is -2.26. The average Bonchev–Trinajstić information content (AvgIpc) is 2.71. The Morgan fingerprint density at radius 1 is 1.50 bits per heavy atom. The number of hydrogen-bond acceptors (Lipinski definition) is 4. The summed E-state index contributed by atoms with van der Waals surface area (Å²) in [4.78, 5) is 12.4. The van der Waals surface area contributed by atoms with Gasteiger partial charge >= 0.3 is 0 Å². The van der Waals surface area contributed by atoms with Crippen LogP contribution in [0.5, 0.6) is 0 Å². The fourth-order valence-electron chi connectivity index (χ4n) is 1.72. The Morgan fingerprint density at radius 2 is 2.14 bits per heavy atom. The highest BCUT2D eigenvalue weighted by atomic mass is 16.3. The maximum Gasteiger partial charge on any atom is 0.139 e. The molecule has 4 nitrogen and oxygen atoms in total. The second-order valence-corrected chi connectivity index (χ2v) is 3.10. The summed E-state index contributed by atoms with van der Waals surface area (Å²) in [6.07, 6.45) is 2.66. The van der Waals surface area contributed by atoms with E-state index in [4.69, 9.17) is 10.2 Å². The minimum absolute atomic E-state index is 0.0624. The molecule has 1 rings (SSSR count). The molecule has 4 heteroatoms. The van der Waals surface area contributed by atoms with Crippen molar-refractivity contribution in [3.63, 3.8) is 0 Å². The molecule has 84 valence electrons. The molecule has 0 aromatic carbocycles. The van der Waals surface area contributed by atoms with Gasteiger partial charge in [-0.3, -0.25) is 4.90 Å². The van der Waals surface area contributed by atoms with E-state index in [9.17, 15) is 4.79 Å². The molecule has 1 heterocycles. The predicted molar refractivity (Wildman–Crippen MR) is 55.1 cm³/mol. The van der Waals surface area contributed by atoms with Crippen molar-refractivity contribution in [1.29, 1.82) is 0 Å². The monoisotopic (exact) mass is 203 g/mol. The molecule has 0 aliphatic carbocycles. The second kappa shape index (κ2) is 7.91. The summed E-state index contributed by atoms with van der Waals surface area (Å²) in [5, 5.41) is 17.8. The number of aldehydes is 1. The molecular formula is C10H21NO3. The zero-order chi connectivity index (χ0) is 11.0. The Balaban J connectivity index is 0.000000791. The Labute approximate surface area is 85.5 Å². The molecule has 1 aliphatic rings. The van der Waals surface area contributed by atoms with Gasteiger partial charge in [0, 0.05) is 6.04 Å². The van der Waals surface area contributed by atoms with Gasteiger partial charge in [-0.05, 0) is 19.4 Å². The van der Waals surface area contributed by atoms with Crippen molar-refractivity contribution in [2.45, 2.75) is 38.8 Å². The molecule has 1 aliphatic heterocycles. The van der Waals surface area contributed by atoms with Gasteiger partial charge in [0.2, 0.25) is 0 Å². The first-order valence-electron chi connectivity index (χ1n) is 5.26. The maximum atomic E-state index is 10.5. The summed E-state index contributed by atoms with van der Waals surface area (Å²) in [5.74, 6) is 0. The Morgan fingerprint density at radius 3 is 2.57 bits per heavy atom. The van der Waals surface area contributed by atoms with E-state index in [-0.39, 0.29) is 19.3 Å². The molecule has 1 saturated heterocycles. The van der Waals surface area contributed by atoms with Gasteiger partial charge in [-0.15, -0.1) is 0 Å². The third-order valence-electron chi connectivity index (χ3n) is 2.40. The molecule has 0 aromatic heterocycles. The molecule has 0 amide bonds. The number of rotatable bonds is 4. The van der Waals surface area contributed by atoms with Crippen LogP contribution >= 0.6 is 0 Å². The van der Waals surface area contributed by atoms with E-state index in [1.54, 1.807) is 0 Å². The number of aliphatic hydroxyl groups excluding tert-OH is 2. The molecule has 1 unspecified atom stereocenters. The number of aliphatic hydroxyl groups is 2. The van der Waals surface area contributed by atoms with Gasteiger partial charge in [-0.25, -0.2) is 0 Å². The van der Waals surface area contributed by atoms with Crippen LogP contribution in [0.3, 0.4) is 0 Å². The third-order valence-corrected chi connectivity index (χ3v) is 2.40. The topological polar surface area (TPSA) is 60.8 Å². The van der Waals surface area contributed by atoms with Crippen LogP contribution in [0.4, 0.5) is 0 Å². The van der Waals surface area contributed by atoms with Crippen molar-refractivity contribution in [3.8, 4) is 0 Å². The Kier molecular flexibility index (Phi) is 7.65. The van der Waals surface area contributed by atoms with Crippen LogP contribution in [-0.2, 0) is 4.79 Å². The van der Waals surface area contributed by atoms with Crippen LogP contribution in [0.2, 0.25) is 0 Å². The minimum Gasteiger partial charge on any atom is -0.395 e. The molecule has 0 saturated carbocycles. The summed E-state index contributed by atoms with van der Waals surface area (Å²) in [6, 6.07) is -0.364. The average molecular weight is 203 g/mol. The molecule has 1 fully saturated rings. The normalized spacial score (nSPS) is 23.9. The lowest BCUT2D eigenvalue weighted by Crippen LogP contribution is -2.43. The summed E-state index contributed by atoms with van der Waals surface area (Å²) in [5.41, 5.74) is 0. The molecule has 2 N–H and O–H groups in total. The standard InChI is InChI=1S/C8H15NO3.C2H6/c10-4-7-2-1-3-9(7)8(5-11)6-12;1-2/h5,7-8,10,12H,1-4,6H2;1-2H3/t7?,8-;/m0./s1. The van der Waals surface area contributed by atoms with Crippen LogP contribution in [0.15, 0.2) is 0 Å². The lowest BCUT2D eigenvalue weighted by atomic mass is 10.2. The summed E-state index contributed by atoms with van der Waals surface area (Å²) >= 11 is 0. The fourth-order valence-corrected chi connectivity index (χ4v) is 1.72. The second-order valence-electron chi connectivity index (χ2n) is 3.10. The lowest BCUT2D eigenvalue weighted by molar-refractivity contribution is -0.114. The van der Waals surface area contributed by atoms with Crippen molar-refractivity contribution >= 4 is 6.29 Å². The molecule has 0 aromatic rings. The first-order chi connectivity index (χ1) is 6.83. The predicted octanol–water partition coefficient (Wildman–Crippen LogP) is 0.0291. The van der Waals surface area contributed by atoms with Crippen molar-refractivity contribution in [2.75, 3.05) is 19.8 Å². The van der Waals surface area contributed by atoms with Crippen molar-refractivity contribution in [2.24, 2.45) is 0 Å². The molecule has 0 radical (unpaired) electrons. The van der Waals surface area contributed by atoms with Gasteiger partial charge < -0.3 is 15.0 Å². The van der Waals surface area contributed by atoms with Crippen molar-refractivity contribution < 1.29 is 15.0 Å². The first-order valence-corrected chi connectivity index (χ1v) is 5.26. The fraction of sp³-hybridized carbons (Fsp3) is 0.900. The molecule has 14 heavy (non-hydrogen) atoms. The largest absolute Gasteiger partial charge is 0.395 e. The van der Waals surface area contributed by atoms with E-state index in [0.717, 1.165) is 25.7 Å². The Bertz CT molecular complexity index is 152. The summed E-state index contributed by atoms with van der Waals surface area (Å²) in [6.45, 7) is 4.72. The molecule has 0 spiro atoms. The van der Waals surface area contributed by atoms with Crippen LogP contribution < -0.4 is 0 Å². The minimum atomic E-state index is -0.426. The van der Waals surface area contributed by atoms with Crippen molar-refractivity contribution in [1.82, 2.24) is 4.90 Å². The van der Waals surface area contributed by atoms with E-state index in [2.05, 4.69) is 0 Å². The Hall–Kier alpha value is -0.450. The van der Waals surface area contributed by atoms with E-state index in [1.807, 2.05) is 18.7 Å². The van der Waals surface area contributed by atoms with Gasteiger partial charge in [0.25, 0.3) is 0 Å². The SMILES string of the molecule is CC.O=C[C@@H](CO)N1CCCC1CO. The smallest absolute Gasteiger partial charge is 0.139 e. The number of carbonyl (C=O) groups is 1. The zero-order valence-electron chi connectivity index (χ0n) is 9.02. The highest BCUT2D eigenvalue weighted by molar-refractivity contribution is 5.57. The van der Waals surface area contributed by atoms with Crippen molar-refractivity contribution in [3.05, 3.63) is 0 Å². The first kappa shape index (κ1) is 13.5. The van der Waals surface area contributed by atoms with E-state index < -0.39 is 6.04 Å². The number of nitrogens with zero attached hydrogens (tertiary/aromatic N) is 1. The third kappa shape index (κ3) is 3.36. The number of hydrogen-bond donors (Lipinski definition) is 2. The van der Waals surface area contributed by atoms with E-state index in [1.165, 1.54) is 0 Å². The van der Waals surface area contributed by atoms with Gasteiger partial charge in [-0.2, -0.15) is 0 Å². The van der Waals surface area contributed by atoms with Crippen LogP contribution in [0.1, 0.15) is 26.7 Å². The van der Waals surface area contributed by atoms with Crippen LogP contribution in [0.25, 0.3) is 0 Å². The van der Waals surface area contributed by atoms with Crippen LogP contribution in [0, 0.1) is 0 Å². The zero-order valence-corrected chi connectivity index (χ0v) is 9.02. The maximum absolute atomic E-state index is 10.5. The van der Waals surface area contributed by atoms with E-state index >= 15 is 0 Å². The quantitative estimate of drug-likeness (QED) is 0.633. The van der Waals surface area contributed by atoms with Crippen LogP contribution in [-0.4, -0.2) is 53.2 Å². The van der Waals surface area contributed by atoms with Gasteiger partial charge in [-0.1, -0.05) is 13.8 Å². The number of likely N-dealkylation sites (tertiary alicyclic amines) is 1. The van der Waals surface area contributed by atoms with Gasteiger partial charge in [0.05, 0.1) is 19.3 Å². The highest BCUT2D eigenvalue weighted by Crippen LogP contribution is 2.18. The van der Waals surface area contributed by atoms with Gasteiger partial charge in [0.15, 0.2) is 0 Å². The van der Waals surface area contributed by atoms with E-state index in [0.29, 0.717) is 0 Å². The summed E-state index contributed by atoms with van der Waals surface area (Å²) < 4.78 is 0. The number of carbonyl (C=O) groups excluding carboxylic acids is 1. The highest BCUT2D eigenvalue weighted by Gasteiger charge is 2.29. The summed E-state index contributed by atoms with van der Waals surface area (Å²) in [7, 11) is 0. The molecule has 2 atom stereocenters. The molecular weight excluding hydrogens is 182 g/mol.